The van der Waals surface area contributed by atoms with E-state index in [1.165, 1.54) is 0 Å². The number of thioether (sulfide) groups is 1. The van der Waals surface area contributed by atoms with Crippen molar-refractivity contribution in [2.45, 2.75) is 62.4 Å². The van der Waals surface area contributed by atoms with Crippen molar-refractivity contribution in [2.24, 2.45) is 5.11 Å². The Balaban J connectivity index is 1.23. The first-order chi connectivity index (χ1) is 22.5. The highest BCUT2D eigenvalue weighted by atomic mass is 32.2. The maximum atomic E-state index is 14.7. The molecule has 1 aromatic carbocycles. The second-order valence-corrected chi connectivity index (χ2v) is 12.1. The van der Waals surface area contributed by atoms with Crippen LogP contribution in [0.15, 0.2) is 5.11 Å². The highest BCUT2D eigenvalue weighted by Crippen LogP contribution is 2.33. The number of unbranched alkanes of at least 4 members (excludes halogenated alkanes) is 1. The molecule has 0 saturated carbocycles. The molecule has 4 rings (SSSR count). The minimum Gasteiger partial charge on any atom is -0.378 e. The number of carbonyl (C=O) groups excluding carboxylic acids is 5. The van der Waals surface area contributed by atoms with E-state index in [2.05, 4.69) is 26.0 Å². The Morgan fingerprint density at radius 1 is 1.04 bits per heavy atom. The Labute approximate surface area is 269 Å². The zero-order valence-corrected chi connectivity index (χ0v) is 25.8. The second-order valence-electron chi connectivity index (χ2n) is 10.9. The van der Waals surface area contributed by atoms with Crippen LogP contribution in [0.3, 0.4) is 0 Å². The van der Waals surface area contributed by atoms with Gasteiger partial charge in [-0.1, -0.05) is 11.5 Å². The molecule has 3 fully saturated rings. The molecule has 3 aliphatic rings. The number of ether oxygens (including phenoxy) is 1. The topological polar surface area (TPSA) is 195 Å². The molecule has 256 valence electrons. The van der Waals surface area contributed by atoms with Gasteiger partial charge in [0, 0.05) is 60.4 Å². The first-order valence-corrected chi connectivity index (χ1v) is 15.8. The molecule has 47 heavy (non-hydrogen) atoms. The number of amides is 5. The smallest absolute Gasteiger partial charge is 0.347 e. The molecule has 3 saturated heterocycles. The van der Waals surface area contributed by atoms with E-state index in [1.54, 1.807) is 11.8 Å². The first kappa shape index (κ1) is 35.7. The summed E-state index contributed by atoms with van der Waals surface area (Å²) in [5, 5.41) is 11.7. The maximum absolute atomic E-state index is 14.7. The van der Waals surface area contributed by atoms with Crippen molar-refractivity contribution in [3.8, 4) is 0 Å². The number of halogens is 4. The van der Waals surface area contributed by atoms with Crippen molar-refractivity contribution in [2.75, 3.05) is 38.6 Å². The molecule has 5 amide bonds. The third kappa shape index (κ3) is 9.24. The number of urea groups is 1. The number of hydroxylamine groups is 2. The lowest BCUT2D eigenvalue weighted by Gasteiger charge is -2.23. The lowest BCUT2D eigenvalue weighted by molar-refractivity contribution is -0.198. The van der Waals surface area contributed by atoms with E-state index in [0.717, 1.165) is 23.5 Å². The number of carbonyl (C=O) groups is 5. The van der Waals surface area contributed by atoms with Gasteiger partial charge in [-0.3, -0.25) is 19.3 Å². The SMILES string of the molecule is [N-]=[N+]=Nc1c(F)c(F)c(CN(CCOCCNC(=O)CCCCC2SCC3NC(=O)NC32)CC(=O)ON2C(=O)CCC2=O)c(F)c1F. The van der Waals surface area contributed by atoms with Crippen LogP contribution in [0.2, 0.25) is 0 Å². The lowest BCUT2D eigenvalue weighted by atomic mass is 10.0. The van der Waals surface area contributed by atoms with Gasteiger partial charge in [-0.25, -0.2) is 27.2 Å². The fraction of sp³-hybridized carbons (Fsp3) is 0.593. The van der Waals surface area contributed by atoms with Crippen LogP contribution in [-0.4, -0.2) is 95.6 Å². The summed E-state index contributed by atoms with van der Waals surface area (Å²) in [6.45, 7) is -1.95. The largest absolute Gasteiger partial charge is 0.378 e. The van der Waals surface area contributed by atoms with Gasteiger partial charge in [-0.15, -0.1) is 5.06 Å². The molecular formula is C27H32F4N8O7S. The van der Waals surface area contributed by atoms with E-state index in [1.807, 2.05) is 0 Å². The summed E-state index contributed by atoms with van der Waals surface area (Å²) in [6, 6.07) is 0.0867. The molecular weight excluding hydrogens is 656 g/mol. The van der Waals surface area contributed by atoms with Crippen LogP contribution in [0.25, 0.3) is 10.4 Å². The van der Waals surface area contributed by atoms with Gasteiger partial charge in [0.05, 0.1) is 31.8 Å². The van der Waals surface area contributed by atoms with Gasteiger partial charge in [0.2, 0.25) is 5.91 Å². The lowest BCUT2D eigenvalue weighted by Crippen LogP contribution is -2.39. The van der Waals surface area contributed by atoms with Crippen LogP contribution in [-0.2, 0) is 35.3 Å². The molecule has 0 spiro atoms. The molecule has 1 aromatic rings. The standard InChI is InChI=1S/C27H32F4N8O7S/c28-21-14(22(29)24(31)26(23(21)30)36-37-32)11-38(12-20(43)46-39-18(41)5-6-19(39)42)8-10-45-9-7-33-17(40)4-2-1-3-16-25-15(13-47-16)34-27(44)35-25/h15-16,25H,1-13H2,(H,33,40)(H2,34,35,44). The monoisotopic (exact) mass is 688 g/mol. The van der Waals surface area contributed by atoms with Crippen LogP contribution in [0.5, 0.6) is 0 Å². The van der Waals surface area contributed by atoms with Crippen LogP contribution in [0.1, 0.15) is 44.1 Å². The maximum Gasteiger partial charge on any atom is 0.347 e. The fourth-order valence-electron chi connectivity index (χ4n) is 5.27. The summed E-state index contributed by atoms with van der Waals surface area (Å²) < 4.78 is 63.5. The molecule has 0 aliphatic carbocycles. The molecule has 3 N–H and O–H groups in total. The summed E-state index contributed by atoms with van der Waals surface area (Å²) in [5.41, 5.74) is 5.82. The van der Waals surface area contributed by atoms with E-state index >= 15 is 0 Å². The molecule has 0 aromatic heterocycles. The Morgan fingerprint density at radius 2 is 1.74 bits per heavy atom. The number of imide groups is 1. The molecule has 3 aliphatic heterocycles. The number of benzene rings is 1. The van der Waals surface area contributed by atoms with Crippen molar-refractivity contribution >= 4 is 47.2 Å². The molecule has 15 nitrogen and oxygen atoms in total. The number of nitrogens with one attached hydrogen (secondary N) is 3. The third-order valence-electron chi connectivity index (χ3n) is 7.61. The Morgan fingerprint density at radius 3 is 2.43 bits per heavy atom. The van der Waals surface area contributed by atoms with Crippen molar-refractivity contribution < 1.29 is 51.1 Å². The minimum absolute atomic E-state index is 0.0160. The number of hydrogen-bond donors (Lipinski definition) is 3. The normalized spacial score (nSPS) is 20.2. The molecule has 20 heteroatoms. The minimum atomic E-state index is -1.94. The van der Waals surface area contributed by atoms with Gasteiger partial charge >= 0.3 is 12.0 Å². The Kier molecular flexibility index (Phi) is 12.6. The van der Waals surface area contributed by atoms with E-state index in [0.29, 0.717) is 11.7 Å². The van der Waals surface area contributed by atoms with Crippen molar-refractivity contribution in [1.82, 2.24) is 25.9 Å². The summed E-state index contributed by atoms with van der Waals surface area (Å²) in [7, 11) is 0. The quantitative estimate of drug-likeness (QED) is 0.0322. The number of fused-ring (bicyclic) bond motifs is 1. The fourth-order valence-corrected chi connectivity index (χ4v) is 6.81. The van der Waals surface area contributed by atoms with Crippen LogP contribution in [0, 0.1) is 23.3 Å². The highest BCUT2D eigenvalue weighted by Gasteiger charge is 2.42. The van der Waals surface area contributed by atoms with Crippen LogP contribution >= 0.6 is 11.8 Å². The highest BCUT2D eigenvalue weighted by molar-refractivity contribution is 8.00. The second kappa shape index (κ2) is 16.6. The average Bonchev–Trinajstić information content (AvgIpc) is 3.70. The Hall–Kier alpha value is -4.13. The van der Waals surface area contributed by atoms with E-state index in [9.17, 15) is 41.5 Å². The van der Waals surface area contributed by atoms with Gasteiger partial charge in [-0.2, -0.15) is 11.8 Å². The molecule has 3 heterocycles. The molecule has 3 atom stereocenters. The predicted molar refractivity (Wildman–Crippen MR) is 155 cm³/mol. The van der Waals surface area contributed by atoms with E-state index < -0.39 is 65.4 Å². The van der Waals surface area contributed by atoms with Gasteiger partial charge in [0.1, 0.15) is 5.69 Å². The molecule has 0 bridgehead atoms. The van der Waals surface area contributed by atoms with Crippen molar-refractivity contribution in [1.29, 1.82) is 0 Å². The average molecular weight is 689 g/mol. The third-order valence-corrected chi connectivity index (χ3v) is 9.12. The van der Waals surface area contributed by atoms with Gasteiger partial charge in [0.15, 0.2) is 23.3 Å². The molecule has 3 unspecified atom stereocenters. The zero-order chi connectivity index (χ0) is 34.1. The van der Waals surface area contributed by atoms with E-state index in [-0.39, 0.29) is 74.7 Å². The summed E-state index contributed by atoms with van der Waals surface area (Å²) in [6.07, 6.45) is 2.27. The predicted octanol–water partition coefficient (Wildman–Crippen LogP) is 2.45. The van der Waals surface area contributed by atoms with Gasteiger partial charge in [-0.05, 0) is 18.4 Å². The molecule has 0 radical (unpaired) electrons. The summed E-state index contributed by atoms with van der Waals surface area (Å²) in [4.78, 5) is 67.6. The number of azide groups is 1. The number of rotatable bonds is 17. The van der Waals surface area contributed by atoms with Crippen molar-refractivity contribution in [3.05, 3.63) is 39.3 Å². The first-order valence-electron chi connectivity index (χ1n) is 14.7. The van der Waals surface area contributed by atoms with Gasteiger partial charge < -0.3 is 25.5 Å². The van der Waals surface area contributed by atoms with Gasteiger partial charge in [0.25, 0.3) is 11.8 Å². The number of hydrogen-bond acceptors (Lipinski definition) is 10. The van der Waals surface area contributed by atoms with Crippen LogP contribution < -0.4 is 16.0 Å². The van der Waals surface area contributed by atoms with Crippen LogP contribution in [0.4, 0.5) is 28.0 Å². The summed E-state index contributed by atoms with van der Waals surface area (Å²) in [5.74, 6) is -9.64. The zero-order valence-electron chi connectivity index (χ0n) is 24.9. The number of nitrogens with zero attached hydrogens (tertiary/aromatic N) is 5. The van der Waals surface area contributed by atoms with E-state index in [4.69, 9.17) is 15.1 Å². The Bertz CT molecular complexity index is 1400. The summed E-state index contributed by atoms with van der Waals surface area (Å²) >= 11 is 1.80. The van der Waals surface area contributed by atoms with Crippen molar-refractivity contribution in [3.63, 3.8) is 0 Å².